The van der Waals surface area contributed by atoms with Gasteiger partial charge >= 0.3 is 5.97 Å². The minimum Gasteiger partial charge on any atom is -0.497 e. The van der Waals surface area contributed by atoms with Crippen LogP contribution in [0.5, 0.6) is 0 Å². The third-order valence-electron chi connectivity index (χ3n) is 3.67. The highest BCUT2D eigenvalue weighted by molar-refractivity contribution is 5.84. The predicted octanol–water partition coefficient (Wildman–Crippen LogP) is 1.55. The molecule has 4 nitrogen and oxygen atoms in total. The molecule has 0 radical (unpaired) electrons. The van der Waals surface area contributed by atoms with E-state index in [-0.39, 0.29) is 5.92 Å². The molecule has 0 aromatic carbocycles. The van der Waals surface area contributed by atoms with Gasteiger partial charge in [0.25, 0.3) is 0 Å². The molecule has 0 aliphatic heterocycles. The first-order chi connectivity index (χ1) is 8.11. The lowest BCUT2D eigenvalue weighted by Gasteiger charge is -2.38. The minimum atomic E-state index is -1.46. The maximum Gasteiger partial charge on any atom is 0.342 e. The first-order valence-electron chi connectivity index (χ1n) is 5.89. The van der Waals surface area contributed by atoms with Crippen molar-refractivity contribution in [1.82, 2.24) is 0 Å². The summed E-state index contributed by atoms with van der Waals surface area (Å²) in [5, 5.41) is 10.5. The summed E-state index contributed by atoms with van der Waals surface area (Å²) in [5.74, 6) is 0.373. The number of ether oxygens (including phenoxy) is 2. The topological polar surface area (TPSA) is 55.8 Å². The van der Waals surface area contributed by atoms with E-state index in [0.717, 1.165) is 24.8 Å². The van der Waals surface area contributed by atoms with E-state index in [2.05, 4.69) is 0 Å². The first kappa shape index (κ1) is 12.2. The number of hydrogen-bond acceptors (Lipinski definition) is 4. The van der Waals surface area contributed by atoms with Crippen molar-refractivity contribution in [3.63, 3.8) is 0 Å². The van der Waals surface area contributed by atoms with Gasteiger partial charge < -0.3 is 14.6 Å². The molecule has 2 atom stereocenters. The molecule has 0 saturated heterocycles. The molecule has 0 spiro atoms. The van der Waals surface area contributed by atoms with E-state index in [4.69, 9.17) is 9.47 Å². The van der Waals surface area contributed by atoms with Crippen LogP contribution in [0.3, 0.4) is 0 Å². The van der Waals surface area contributed by atoms with Crippen LogP contribution in [0.1, 0.15) is 25.7 Å². The van der Waals surface area contributed by atoms with Crippen molar-refractivity contribution in [3.8, 4) is 0 Å². The average Bonchev–Trinajstić information content (AvgIpc) is 2.37. The molecule has 2 unspecified atom stereocenters. The quantitative estimate of drug-likeness (QED) is 0.742. The summed E-state index contributed by atoms with van der Waals surface area (Å²) in [6.07, 6.45) is 6.86. The fourth-order valence-electron chi connectivity index (χ4n) is 2.73. The number of fused-ring (bicyclic) bond motifs is 1. The summed E-state index contributed by atoms with van der Waals surface area (Å²) < 4.78 is 9.89. The zero-order chi connectivity index (χ0) is 12.5. The normalized spacial score (nSPS) is 32.1. The van der Waals surface area contributed by atoms with Gasteiger partial charge in [-0.3, -0.25) is 0 Å². The summed E-state index contributed by atoms with van der Waals surface area (Å²) in [4.78, 5) is 11.8. The molecule has 1 fully saturated rings. The van der Waals surface area contributed by atoms with Crippen LogP contribution < -0.4 is 0 Å². The predicted molar refractivity (Wildman–Crippen MR) is 62.1 cm³/mol. The summed E-state index contributed by atoms with van der Waals surface area (Å²) in [6, 6.07) is 0. The lowest BCUT2D eigenvalue weighted by atomic mass is 9.70. The molecule has 0 aromatic rings. The summed E-state index contributed by atoms with van der Waals surface area (Å²) in [6.45, 7) is 0. The molecule has 0 heterocycles. The lowest BCUT2D eigenvalue weighted by molar-refractivity contribution is -0.160. The summed E-state index contributed by atoms with van der Waals surface area (Å²) in [7, 11) is 2.89. The van der Waals surface area contributed by atoms with Crippen molar-refractivity contribution in [2.45, 2.75) is 31.3 Å². The fraction of sp³-hybridized carbons (Fsp3) is 0.615. The van der Waals surface area contributed by atoms with Crippen LogP contribution in [-0.4, -0.2) is 30.9 Å². The Kier molecular flexibility index (Phi) is 3.24. The molecule has 0 bridgehead atoms. The van der Waals surface area contributed by atoms with E-state index in [0.29, 0.717) is 12.2 Å². The third kappa shape index (κ3) is 1.97. The Morgan fingerprint density at radius 2 is 2.29 bits per heavy atom. The lowest BCUT2D eigenvalue weighted by Crippen LogP contribution is -2.46. The van der Waals surface area contributed by atoms with Crippen molar-refractivity contribution < 1.29 is 19.4 Å². The largest absolute Gasteiger partial charge is 0.497 e. The van der Waals surface area contributed by atoms with Crippen molar-refractivity contribution in [1.29, 1.82) is 0 Å². The van der Waals surface area contributed by atoms with Crippen LogP contribution in [0.25, 0.3) is 0 Å². The van der Waals surface area contributed by atoms with Gasteiger partial charge in [0.15, 0.2) is 5.60 Å². The molecule has 0 amide bonds. The number of carbonyl (C=O) groups is 1. The zero-order valence-corrected chi connectivity index (χ0v) is 10.2. The number of carbonyl (C=O) groups excluding carboxylic acids is 1. The maximum absolute atomic E-state index is 11.8. The van der Waals surface area contributed by atoms with Gasteiger partial charge in [0.1, 0.15) is 5.76 Å². The monoisotopic (exact) mass is 238 g/mol. The van der Waals surface area contributed by atoms with Gasteiger partial charge in [0.2, 0.25) is 0 Å². The SMILES string of the molecule is COC(=O)C1(O)CCCC2CC=C(OC)C=C21. The molecule has 1 saturated carbocycles. The molecule has 2 aliphatic carbocycles. The number of esters is 1. The van der Waals surface area contributed by atoms with Crippen molar-refractivity contribution in [2.24, 2.45) is 5.92 Å². The number of rotatable bonds is 2. The Bertz CT molecular complexity index is 383. The van der Waals surface area contributed by atoms with Gasteiger partial charge in [0, 0.05) is 0 Å². The molecular weight excluding hydrogens is 220 g/mol. The number of hydrogen-bond donors (Lipinski definition) is 1. The Balaban J connectivity index is 2.36. The van der Waals surface area contributed by atoms with Crippen LogP contribution in [0.2, 0.25) is 0 Å². The zero-order valence-electron chi connectivity index (χ0n) is 10.2. The molecule has 4 heteroatoms. The Morgan fingerprint density at radius 3 is 2.94 bits per heavy atom. The molecule has 17 heavy (non-hydrogen) atoms. The smallest absolute Gasteiger partial charge is 0.342 e. The van der Waals surface area contributed by atoms with Gasteiger partial charge in [0.05, 0.1) is 14.2 Å². The molecule has 0 aromatic heterocycles. The van der Waals surface area contributed by atoms with E-state index in [1.807, 2.05) is 6.08 Å². The first-order valence-corrected chi connectivity index (χ1v) is 5.89. The van der Waals surface area contributed by atoms with E-state index in [1.54, 1.807) is 13.2 Å². The minimum absolute atomic E-state index is 0.228. The maximum atomic E-state index is 11.8. The van der Waals surface area contributed by atoms with Gasteiger partial charge in [-0.2, -0.15) is 0 Å². The van der Waals surface area contributed by atoms with Crippen LogP contribution in [0.15, 0.2) is 23.5 Å². The van der Waals surface area contributed by atoms with Crippen LogP contribution in [0.4, 0.5) is 0 Å². The van der Waals surface area contributed by atoms with Crippen LogP contribution in [-0.2, 0) is 14.3 Å². The van der Waals surface area contributed by atoms with Crippen molar-refractivity contribution in [3.05, 3.63) is 23.5 Å². The highest BCUT2D eigenvalue weighted by Crippen LogP contribution is 2.42. The highest BCUT2D eigenvalue weighted by atomic mass is 16.5. The Morgan fingerprint density at radius 1 is 1.53 bits per heavy atom. The van der Waals surface area contributed by atoms with Crippen molar-refractivity contribution in [2.75, 3.05) is 14.2 Å². The standard InChI is InChI=1S/C13H18O4/c1-16-10-6-5-9-4-3-7-13(15,11(9)8-10)12(14)17-2/h6,8-9,15H,3-5,7H2,1-2H3. The number of methoxy groups -OCH3 is 2. The van der Waals surface area contributed by atoms with Gasteiger partial charge in [-0.1, -0.05) is 0 Å². The second-order valence-electron chi connectivity index (χ2n) is 4.59. The van der Waals surface area contributed by atoms with Crippen LogP contribution in [0, 0.1) is 5.92 Å². The molecular formula is C13H18O4. The van der Waals surface area contributed by atoms with E-state index < -0.39 is 11.6 Å². The van der Waals surface area contributed by atoms with Gasteiger partial charge in [-0.05, 0) is 49.3 Å². The van der Waals surface area contributed by atoms with E-state index >= 15 is 0 Å². The fourth-order valence-corrected chi connectivity index (χ4v) is 2.73. The second kappa shape index (κ2) is 4.53. The van der Waals surface area contributed by atoms with Crippen LogP contribution >= 0.6 is 0 Å². The second-order valence-corrected chi connectivity index (χ2v) is 4.59. The van der Waals surface area contributed by atoms with Crippen molar-refractivity contribution >= 4 is 5.97 Å². The van der Waals surface area contributed by atoms with E-state index in [9.17, 15) is 9.90 Å². The molecule has 1 N–H and O–H groups in total. The third-order valence-corrected chi connectivity index (χ3v) is 3.67. The summed E-state index contributed by atoms with van der Waals surface area (Å²) >= 11 is 0. The van der Waals surface area contributed by atoms with E-state index in [1.165, 1.54) is 7.11 Å². The number of allylic oxidation sites excluding steroid dienone is 2. The molecule has 94 valence electrons. The van der Waals surface area contributed by atoms with Gasteiger partial charge in [-0.15, -0.1) is 0 Å². The molecule has 2 rings (SSSR count). The summed E-state index contributed by atoms with van der Waals surface area (Å²) in [5.41, 5.74) is -0.717. The van der Waals surface area contributed by atoms with Gasteiger partial charge in [-0.25, -0.2) is 4.79 Å². The highest BCUT2D eigenvalue weighted by Gasteiger charge is 2.47. The average molecular weight is 238 g/mol. The Labute approximate surface area is 101 Å². The Hall–Kier alpha value is -1.29. The number of aliphatic hydroxyl groups is 1. The molecule has 2 aliphatic rings.